The molecule has 0 aliphatic rings. The number of nitrogens with one attached hydrogen (secondary N) is 1. The van der Waals surface area contributed by atoms with Crippen LogP contribution in [0.3, 0.4) is 0 Å². The Kier molecular flexibility index (Phi) is 5.43. The molecule has 28 heavy (non-hydrogen) atoms. The van der Waals surface area contributed by atoms with Crippen molar-refractivity contribution in [1.82, 2.24) is 10.2 Å². The van der Waals surface area contributed by atoms with Crippen molar-refractivity contribution in [3.05, 3.63) is 86.0 Å². The Bertz CT molecular complexity index is 1110. The molecule has 140 valence electrons. The molecule has 2 aromatic heterocycles. The summed E-state index contributed by atoms with van der Waals surface area (Å²) in [6.45, 7) is 0. The van der Waals surface area contributed by atoms with Gasteiger partial charge >= 0.3 is 6.01 Å². The number of thiophene rings is 1. The first-order chi connectivity index (χ1) is 13.6. The Morgan fingerprint density at radius 2 is 1.71 bits per heavy atom. The van der Waals surface area contributed by atoms with E-state index in [2.05, 4.69) is 27.6 Å². The Morgan fingerprint density at radius 1 is 1.00 bits per heavy atom. The molecule has 0 spiro atoms. The second-order valence-corrected chi connectivity index (χ2v) is 8.25. The minimum Gasteiger partial charge on any atom is -0.403 e. The molecule has 1 N–H and O–H groups in total. The predicted octanol–water partition coefficient (Wildman–Crippen LogP) is 5.95. The summed E-state index contributed by atoms with van der Waals surface area (Å²) in [6.07, 6.45) is 0.805. The monoisotopic (exact) mass is 429 g/mol. The lowest BCUT2D eigenvalue weighted by Gasteiger charge is -2.04. The minimum atomic E-state index is -0.337. The quantitative estimate of drug-likeness (QED) is 0.425. The number of benzene rings is 2. The third-order valence-corrected chi connectivity index (χ3v) is 5.49. The number of amides is 1. The van der Waals surface area contributed by atoms with Crippen LogP contribution in [0.1, 0.15) is 21.5 Å². The van der Waals surface area contributed by atoms with Crippen LogP contribution < -0.4 is 5.32 Å². The van der Waals surface area contributed by atoms with Gasteiger partial charge in [-0.3, -0.25) is 10.1 Å². The van der Waals surface area contributed by atoms with Crippen molar-refractivity contribution in [1.29, 1.82) is 0 Å². The molecule has 4 aromatic rings. The summed E-state index contributed by atoms with van der Waals surface area (Å²) >= 11 is 13.2. The van der Waals surface area contributed by atoms with Crippen LogP contribution >= 0.6 is 34.5 Å². The largest absolute Gasteiger partial charge is 0.403 e. The van der Waals surface area contributed by atoms with E-state index in [1.807, 2.05) is 30.3 Å². The van der Waals surface area contributed by atoms with Crippen LogP contribution in [-0.2, 0) is 6.42 Å². The van der Waals surface area contributed by atoms with Crippen LogP contribution in [0.5, 0.6) is 0 Å². The molecule has 0 aliphatic carbocycles. The van der Waals surface area contributed by atoms with Gasteiger partial charge in [-0.1, -0.05) is 70.8 Å². The molecule has 1 amide bonds. The zero-order chi connectivity index (χ0) is 19.5. The molecule has 2 aromatic carbocycles. The van der Waals surface area contributed by atoms with E-state index in [4.69, 9.17) is 27.6 Å². The summed E-state index contributed by atoms with van der Waals surface area (Å²) in [7, 11) is 0. The van der Waals surface area contributed by atoms with Gasteiger partial charge in [0.25, 0.3) is 11.8 Å². The molecule has 0 saturated heterocycles. The summed E-state index contributed by atoms with van der Waals surface area (Å²) in [5, 5.41) is 10.3. The van der Waals surface area contributed by atoms with E-state index in [1.165, 1.54) is 16.9 Å². The van der Waals surface area contributed by atoms with Crippen molar-refractivity contribution >= 4 is 46.5 Å². The van der Waals surface area contributed by atoms with Crippen LogP contribution in [0.2, 0.25) is 8.67 Å². The smallest absolute Gasteiger partial charge is 0.322 e. The molecule has 0 unspecified atom stereocenters. The SMILES string of the molecule is O=C(Nc1nnc(-c2cc(Cl)sc2Cl)o1)c1ccc(Cc2ccccc2)cc1. The Morgan fingerprint density at radius 3 is 2.39 bits per heavy atom. The highest BCUT2D eigenvalue weighted by molar-refractivity contribution is 7.20. The van der Waals surface area contributed by atoms with Gasteiger partial charge in [-0.05, 0) is 35.7 Å². The summed E-state index contributed by atoms with van der Waals surface area (Å²) in [6, 6.07) is 19.1. The van der Waals surface area contributed by atoms with E-state index in [0.29, 0.717) is 19.8 Å². The highest BCUT2D eigenvalue weighted by atomic mass is 35.5. The van der Waals surface area contributed by atoms with Crippen molar-refractivity contribution < 1.29 is 9.21 Å². The number of hydrogen-bond donors (Lipinski definition) is 1. The van der Waals surface area contributed by atoms with Crippen molar-refractivity contribution in [2.24, 2.45) is 0 Å². The Labute approximate surface area is 174 Å². The van der Waals surface area contributed by atoms with E-state index in [-0.39, 0.29) is 17.8 Å². The first kappa shape index (κ1) is 18.7. The second-order valence-electron chi connectivity index (χ2n) is 5.96. The van der Waals surface area contributed by atoms with E-state index in [9.17, 15) is 4.79 Å². The average molecular weight is 430 g/mol. The lowest BCUT2D eigenvalue weighted by atomic mass is 10.0. The van der Waals surface area contributed by atoms with E-state index >= 15 is 0 Å². The highest BCUT2D eigenvalue weighted by Crippen LogP contribution is 2.37. The fourth-order valence-corrected chi connectivity index (χ4v) is 4.09. The fraction of sp³-hybridized carbons (Fsp3) is 0.0500. The summed E-state index contributed by atoms with van der Waals surface area (Å²) in [4.78, 5) is 12.4. The number of halogens is 2. The summed E-state index contributed by atoms with van der Waals surface area (Å²) in [5.74, 6) is -0.141. The Balaban J connectivity index is 1.43. The van der Waals surface area contributed by atoms with Gasteiger partial charge in [-0.2, -0.15) is 0 Å². The van der Waals surface area contributed by atoms with Gasteiger partial charge in [0.1, 0.15) is 4.34 Å². The topological polar surface area (TPSA) is 68.0 Å². The van der Waals surface area contributed by atoms with E-state index in [1.54, 1.807) is 18.2 Å². The number of carbonyl (C=O) groups is 1. The number of hydrogen-bond acceptors (Lipinski definition) is 5. The molecule has 0 bridgehead atoms. The van der Waals surface area contributed by atoms with Gasteiger partial charge in [0.05, 0.1) is 9.90 Å². The van der Waals surface area contributed by atoms with E-state index < -0.39 is 0 Å². The molecule has 0 radical (unpaired) electrons. The van der Waals surface area contributed by atoms with Gasteiger partial charge in [-0.25, -0.2) is 0 Å². The number of anilines is 1. The molecular formula is C20H13Cl2N3O2S. The molecule has 0 aliphatic heterocycles. The first-order valence-electron chi connectivity index (χ1n) is 8.31. The maximum Gasteiger partial charge on any atom is 0.322 e. The maximum absolute atomic E-state index is 12.4. The number of nitrogens with zero attached hydrogens (tertiary/aromatic N) is 2. The van der Waals surface area contributed by atoms with Crippen LogP contribution in [0.4, 0.5) is 6.01 Å². The molecule has 2 heterocycles. The molecular weight excluding hydrogens is 417 g/mol. The summed E-state index contributed by atoms with van der Waals surface area (Å²) < 4.78 is 6.43. The van der Waals surface area contributed by atoms with E-state index in [0.717, 1.165) is 12.0 Å². The second kappa shape index (κ2) is 8.14. The standard InChI is InChI=1S/C20H13Cl2N3O2S/c21-16-11-15(17(22)28-16)19-24-25-20(27-19)23-18(26)14-8-6-13(7-9-14)10-12-4-2-1-3-5-12/h1-9,11H,10H2,(H,23,25,26). The predicted molar refractivity (Wildman–Crippen MR) is 111 cm³/mol. The van der Waals surface area contributed by atoms with Crippen LogP contribution in [0.15, 0.2) is 65.1 Å². The van der Waals surface area contributed by atoms with Crippen molar-refractivity contribution in [3.8, 4) is 11.5 Å². The van der Waals surface area contributed by atoms with Crippen LogP contribution in [-0.4, -0.2) is 16.1 Å². The number of rotatable bonds is 5. The van der Waals surface area contributed by atoms with Crippen LogP contribution in [0.25, 0.3) is 11.5 Å². The molecule has 4 rings (SSSR count). The van der Waals surface area contributed by atoms with Crippen molar-refractivity contribution in [2.75, 3.05) is 5.32 Å². The first-order valence-corrected chi connectivity index (χ1v) is 9.88. The summed E-state index contributed by atoms with van der Waals surface area (Å²) in [5.41, 5.74) is 3.36. The van der Waals surface area contributed by atoms with Gasteiger partial charge in [0, 0.05) is 5.56 Å². The highest BCUT2D eigenvalue weighted by Gasteiger charge is 2.17. The van der Waals surface area contributed by atoms with Crippen LogP contribution in [0, 0.1) is 0 Å². The van der Waals surface area contributed by atoms with Crippen molar-refractivity contribution in [3.63, 3.8) is 0 Å². The average Bonchev–Trinajstić information content (AvgIpc) is 3.28. The molecule has 0 atom stereocenters. The van der Waals surface area contributed by atoms with Gasteiger partial charge in [0.2, 0.25) is 0 Å². The molecule has 5 nitrogen and oxygen atoms in total. The maximum atomic E-state index is 12.4. The normalized spacial score (nSPS) is 10.8. The zero-order valence-electron chi connectivity index (χ0n) is 14.4. The zero-order valence-corrected chi connectivity index (χ0v) is 16.7. The fourth-order valence-electron chi connectivity index (χ4n) is 2.64. The minimum absolute atomic E-state index is 0.00764. The molecule has 0 fully saturated rings. The van der Waals surface area contributed by atoms with Gasteiger partial charge in [0.15, 0.2) is 0 Å². The third-order valence-electron chi connectivity index (χ3n) is 4.00. The number of aromatic nitrogens is 2. The Hall–Kier alpha value is -2.67. The lowest BCUT2D eigenvalue weighted by molar-refractivity contribution is 0.102. The van der Waals surface area contributed by atoms with Gasteiger partial charge < -0.3 is 4.42 Å². The lowest BCUT2D eigenvalue weighted by Crippen LogP contribution is -2.12. The number of carbonyl (C=O) groups excluding carboxylic acids is 1. The molecule has 8 heteroatoms. The van der Waals surface area contributed by atoms with Crippen molar-refractivity contribution in [2.45, 2.75) is 6.42 Å². The molecule has 0 saturated carbocycles. The third kappa shape index (κ3) is 4.25. The van der Waals surface area contributed by atoms with Gasteiger partial charge in [-0.15, -0.1) is 16.4 Å².